The van der Waals surface area contributed by atoms with Gasteiger partial charge in [0.15, 0.2) is 0 Å². The number of hydrogen-bond acceptors (Lipinski definition) is 2. The summed E-state index contributed by atoms with van der Waals surface area (Å²) < 4.78 is 5.46. The number of thiophene rings is 2. The number of H-pyrrole nitrogens is 1. The largest absolute Gasteiger partial charge is 0.355 e. The highest BCUT2D eigenvalue weighted by atomic mass is 32.1. The van der Waals surface area contributed by atoms with Crippen molar-refractivity contribution in [3.63, 3.8) is 0 Å². The summed E-state index contributed by atoms with van der Waals surface area (Å²) in [6.07, 6.45) is 0. The van der Waals surface area contributed by atoms with Gasteiger partial charge in [-0.25, -0.2) is 0 Å². The molecule has 0 amide bonds. The van der Waals surface area contributed by atoms with E-state index in [1.807, 2.05) is 22.7 Å². The Bertz CT molecular complexity index is 2960. The van der Waals surface area contributed by atoms with Gasteiger partial charge < -0.3 is 4.98 Å². The summed E-state index contributed by atoms with van der Waals surface area (Å²) in [5.41, 5.74) is 13.2. The predicted octanol–water partition coefficient (Wildman–Crippen LogP) is 16.4. The maximum absolute atomic E-state index is 3.77. The molecule has 9 aromatic rings. The van der Waals surface area contributed by atoms with Crippen LogP contribution < -0.4 is 0 Å². The van der Waals surface area contributed by atoms with E-state index in [1.54, 1.807) is 0 Å². The predicted molar refractivity (Wildman–Crippen MR) is 243 cm³/mol. The van der Waals surface area contributed by atoms with Gasteiger partial charge in [0, 0.05) is 62.2 Å². The van der Waals surface area contributed by atoms with Gasteiger partial charge in [-0.2, -0.15) is 0 Å². The van der Waals surface area contributed by atoms with Gasteiger partial charge in [-0.05, 0) is 139 Å². The third-order valence-corrected chi connectivity index (χ3v) is 14.1. The highest BCUT2D eigenvalue weighted by molar-refractivity contribution is 7.26. The third-order valence-electron chi connectivity index (χ3n) is 11.7. The van der Waals surface area contributed by atoms with Gasteiger partial charge in [0.25, 0.3) is 0 Å². The molecule has 3 heterocycles. The molecule has 6 aromatic carbocycles. The lowest BCUT2D eigenvalue weighted by atomic mass is 9.83. The second-order valence-corrected chi connectivity index (χ2v) is 21.1. The van der Waals surface area contributed by atoms with Crippen LogP contribution in [0.4, 0.5) is 0 Å². The molecule has 0 radical (unpaired) electrons. The normalized spacial score (nSPS) is 13.3. The minimum Gasteiger partial charge on any atom is -0.355 e. The molecule has 0 aliphatic rings. The first-order valence-electron chi connectivity index (χ1n) is 19.5. The fourth-order valence-electron chi connectivity index (χ4n) is 8.13. The van der Waals surface area contributed by atoms with E-state index >= 15 is 0 Å². The van der Waals surface area contributed by atoms with E-state index in [9.17, 15) is 0 Å². The molecule has 0 atom stereocenters. The first-order valence-corrected chi connectivity index (χ1v) is 21.2. The van der Waals surface area contributed by atoms with Crippen molar-refractivity contribution < 1.29 is 0 Å². The van der Waals surface area contributed by atoms with Crippen LogP contribution >= 0.6 is 22.7 Å². The van der Waals surface area contributed by atoms with Crippen molar-refractivity contribution in [3.8, 4) is 22.3 Å². The molecule has 9 rings (SSSR count). The smallest absolute Gasteiger partial charge is 0.0465 e. The Hall–Kier alpha value is -4.44. The minimum atomic E-state index is 0.0223. The van der Waals surface area contributed by atoms with Gasteiger partial charge >= 0.3 is 0 Å². The molecular weight excluding hydrogens is 691 g/mol. The molecule has 272 valence electrons. The van der Waals surface area contributed by atoms with E-state index in [0.717, 1.165) is 0 Å². The molecule has 1 nitrogen and oxygen atoms in total. The van der Waals surface area contributed by atoms with Gasteiger partial charge in [-0.1, -0.05) is 100 Å². The van der Waals surface area contributed by atoms with Crippen molar-refractivity contribution in [1.82, 2.24) is 4.98 Å². The van der Waals surface area contributed by atoms with Crippen molar-refractivity contribution in [1.29, 1.82) is 0 Å². The number of nitrogens with one attached hydrogen (secondary N) is 1. The monoisotopic (exact) mass is 741 g/mol. The Morgan fingerprint density at radius 1 is 0.426 bits per heavy atom. The number of aromatic amines is 1. The maximum Gasteiger partial charge on any atom is 0.0465 e. The number of hydrogen-bond donors (Lipinski definition) is 1. The van der Waals surface area contributed by atoms with Crippen LogP contribution in [0.2, 0.25) is 0 Å². The molecule has 0 bridgehead atoms. The second-order valence-electron chi connectivity index (χ2n) is 19.0. The average Bonchev–Trinajstić information content (AvgIpc) is 3.79. The fourth-order valence-corrected chi connectivity index (χ4v) is 10.5. The first-order chi connectivity index (χ1) is 25.4. The molecule has 3 heteroatoms. The van der Waals surface area contributed by atoms with Crippen LogP contribution in [0.15, 0.2) is 97.1 Å². The molecule has 0 saturated carbocycles. The zero-order valence-corrected chi connectivity index (χ0v) is 35.3. The van der Waals surface area contributed by atoms with Crippen molar-refractivity contribution in [2.75, 3.05) is 0 Å². The quantitative estimate of drug-likeness (QED) is 0.186. The van der Waals surface area contributed by atoms with E-state index in [1.165, 1.54) is 107 Å². The number of aromatic nitrogens is 1. The number of fused-ring (bicyclic) bond motifs is 9. The van der Waals surface area contributed by atoms with Gasteiger partial charge in [0.2, 0.25) is 0 Å². The Morgan fingerprint density at radius 3 is 1.33 bits per heavy atom. The summed E-state index contributed by atoms with van der Waals surface area (Å²) in [5.74, 6) is 0.496. The van der Waals surface area contributed by atoms with Crippen LogP contribution in [0.5, 0.6) is 0 Å². The molecule has 0 saturated heterocycles. The Kier molecular flexibility index (Phi) is 7.86. The Labute approximate surface area is 328 Å². The Morgan fingerprint density at radius 2 is 0.870 bits per heavy atom. The third kappa shape index (κ3) is 5.78. The lowest BCUT2D eigenvalue weighted by molar-refractivity contribution is 0.590. The van der Waals surface area contributed by atoms with Crippen LogP contribution in [0.25, 0.3) is 84.4 Å². The van der Waals surface area contributed by atoms with Gasteiger partial charge in [0.1, 0.15) is 0 Å². The minimum absolute atomic E-state index is 0.0223. The van der Waals surface area contributed by atoms with Crippen molar-refractivity contribution in [2.24, 2.45) is 0 Å². The summed E-state index contributed by atoms with van der Waals surface area (Å²) in [7, 11) is 0. The summed E-state index contributed by atoms with van der Waals surface area (Å²) in [4.78, 5) is 3.77. The molecular formula is C51H51NS2. The molecule has 54 heavy (non-hydrogen) atoms. The van der Waals surface area contributed by atoms with E-state index in [2.05, 4.69) is 178 Å². The standard InChI is InChI=1S/C51H51NS2/c1-28(2)29-14-18-45-39(20-29)41-26-33(50(6,7)8)24-35(47(41)53-45)30-12-16-43-37(21-30)38-22-31(13-17-44(38)52-43)36-25-34(51(9,10)11)27-42-40-23-32(49(3,4)5)15-19-46(40)54-48(36)42/h12-28,52H,1-11H3. The molecule has 1 N–H and O–H groups in total. The van der Waals surface area contributed by atoms with E-state index in [4.69, 9.17) is 0 Å². The fraction of sp³-hybridized carbons (Fsp3) is 0.294. The Balaban J connectivity index is 1.26. The molecule has 0 fully saturated rings. The SMILES string of the molecule is CC(C)c1ccc2sc3c(-c4ccc5[nH]c6ccc(-c7cc(C(C)(C)C)cc8c7sc7ccc(C(C)(C)C)cc78)cc6c5c4)cc(C(C)(C)C)cc3c2c1. The second kappa shape index (κ2) is 12.0. The van der Waals surface area contributed by atoms with Crippen LogP contribution in [-0.4, -0.2) is 4.98 Å². The lowest BCUT2D eigenvalue weighted by Crippen LogP contribution is -2.11. The van der Waals surface area contributed by atoms with Gasteiger partial charge in [-0.15, -0.1) is 22.7 Å². The van der Waals surface area contributed by atoms with Crippen molar-refractivity contribution in [2.45, 2.75) is 98.3 Å². The molecule has 0 spiro atoms. The summed E-state index contributed by atoms with van der Waals surface area (Å²) >= 11 is 3.87. The molecule has 3 aromatic heterocycles. The average molecular weight is 742 g/mol. The van der Waals surface area contributed by atoms with E-state index < -0.39 is 0 Å². The summed E-state index contributed by atoms with van der Waals surface area (Å²) in [6, 6.07) is 38.2. The van der Waals surface area contributed by atoms with Gasteiger partial charge in [0.05, 0.1) is 0 Å². The maximum atomic E-state index is 3.77. The molecule has 0 unspecified atom stereocenters. The lowest BCUT2D eigenvalue weighted by Gasteiger charge is -2.21. The van der Waals surface area contributed by atoms with Crippen molar-refractivity contribution >= 4 is 84.8 Å². The molecule has 0 aliphatic heterocycles. The van der Waals surface area contributed by atoms with E-state index in [0.29, 0.717) is 5.92 Å². The zero-order valence-electron chi connectivity index (χ0n) is 33.6. The van der Waals surface area contributed by atoms with Crippen LogP contribution in [-0.2, 0) is 16.2 Å². The van der Waals surface area contributed by atoms with Crippen molar-refractivity contribution in [3.05, 3.63) is 119 Å². The van der Waals surface area contributed by atoms with Crippen LogP contribution in [0, 0.1) is 0 Å². The van der Waals surface area contributed by atoms with E-state index in [-0.39, 0.29) is 16.2 Å². The first kappa shape index (κ1) is 35.3. The highest BCUT2D eigenvalue weighted by Gasteiger charge is 2.23. The van der Waals surface area contributed by atoms with Gasteiger partial charge in [-0.3, -0.25) is 0 Å². The zero-order chi connectivity index (χ0) is 38.1. The number of rotatable bonds is 3. The number of benzene rings is 6. The summed E-state index contributed by atoms with van der Waals surface area (Å²) in [5, 5.41) is 8.05. The van der Waals surface area contributed by atoms with Crippen LogP contribution in [0.3, 0.4) is 0 Å². The molecule has 0 aliphatic carbocycles. The highest BCUT2D eigenvalue weighted by Crippen LogP contribution is 2.47. The summed E-state index contributed by atoms with van der Waals surface area (Å²) in [6.45, 7) is 25.5. The van der Waals surface area contributed by atoms with Crippen LogP contribution in [0.1, 0.15) is 104 Å². The topological polar surface area (TPSA) is 15.8 Å².